The predicted octanol–water partition coefficient (Wildman–Crippen LogP) is 1.85. The average molecular weight is 152 g/mol. The van der Waals surface area contributed by atoms with Crippen LogP contribution in [0.15, 0.2) is 37.5 Å². The molecule has 1 aliphatic rings. The zero-order valence-electron chi connectivity index (χ0n) is 6.51. The Labute approximate surface area is 66.9 Å². The number of carbonyl (C=O) groups is 1. The summed E-state index contributed by atoms with van der Waals surface area (Å²) in [4.78, 5) is 10.3. The molecule has 1 heterocycles. The minimum atomic E-state index is -0.236. The predicted molar refractivity (Wildman–Crippen MR) is 45.1 cm³/mol. The number of ether oxygens (including phenoxy) is 1. The molecule has 0 atom stereocenters. The Bertz CT molecular complexity index is 160. The smallest absolute Gasteiger partial charge is 0.333 e. The van der Waals surface area contributed by atoms with Crippen LogP contribution >= 0.6 is 0 Å². The van der Waals surface area contributed by atoms with Crippen molar-refractivity contribution in [2.45, 2.75) is 6.42 Å². The number of rotatable bonds is 1. The molecule has 1 aliphatic heterocycles. The van der Waals surface area contributed by atoms with Crippen LogP contribution in [-0.2, 0) is 9.53 Å². The molecule has 11 heavy (non-hydrogen) atoms. The zero-order chi connectivity index (χ0) is 8.69. The van der Waals surface area contributed by atoms with Gasteiger partial charge in [-0.2, -0.15) is 0 Å². The van der Waals surface area contributed by atoms with Gasteiger partial charge in [-0.05, 0) is 0 Å². The summed E-state index contributed by atoms with van der Waals surface area (Å²) in [5.41, 5.74) is 0.597. The van der Waals surface area contributed by atoms with Gasteiger partial charge in [-0.1, -0.05) is 31.9 Å². The van der Waals surface area contributed by atoms with E-state index < -0.39 is 0 Å². The molecular formula is C9H12O2. The van der Waals surface area contributed by atoms with Crippen molar-refractivity contribution < 1.29 is 9.53 Å². The minimum Gasteiger partial charge on any atom is -0.462 e. The molecule has 60 valence electrons. The van der Waals surface area contributed by atoms with Gasteiger partial charge in [0, 0.05) is 12.0 Å². The molecule has 0 aromatic carbocycles. The highest BCUT2D eigenvalue weighted by Crippen LogP contribution is 2.08. The van der Waals surface area contributed by atoms with Crippen LogP contribution in [0.1, 0.15) is 6.42 Å². The first-order chi connectivity index (χ1) is 5.22. The lowest BCUT2D eigenvalue weighted by Crippen LogP contribution is -1.91. The first-order valence-electron chi connectivity index (χ1n) is 3.30. The third-order valence-corrected chi connectivity index (χ3v) is 1.09. The van der Waals surface area contributed by atoms with Gasteiger partial charge < -0.3 is 4.74 Å². The number of allylic oxidation sites excluding steroid dienone is 2. The summed E-state index contributed by atoms with van der Waals surface area (Å²) in [5.74, 6) is -0.236. The van der Waals surface area contributed by atoms with Gasteiger partial charge in [0.1, 0.15) is 0 Å². The monoisotopic (exact) mass is 152 g/mol. The SMILES string of the molecule is C=C1CCOC1=O.C=CC=C. The molecule has 0 saturated carbocycles. The summed E-state index contributed by atoms with van der Waals surface area (Å²) < 4.78 is 4.53. The molecule has 2 nitrogen and oxygen atoms in total. The van der Waals surface area contributed by atoms with Crippen LogP contribution in [-0.4, -0.2) is 12.6 Å². The van der Waals surface area contributed by atoms with Gasteiger partial charge in [-0.15, -0.1) is 0 Å². The van der Waals surface area contributed by atoms with Gasteiger partial charge >= 0.3 is 5.97 Å². The third-order valence-electron chi connectivity index (χ3n) is 1.09. The van der Waals surface area contributed by atoms with Crippen LogP contribution in [0.25, 0.3) is 0 Å². The van der Waals surface area contributed by atoms with E-state index in [1.165, 1.54) is 0 Å². The molecule has 1 rings (SSSR count). The molecule has 0 aromatic rings. The third kappa shape index (κ3) is 4.14. The van der Waals surface area contributed by atoms with E-state index in [0.29, 0.717) is 18.6 Å². The maximum absolute atomic E-state index is 10.3. The Hall–Kier alpha value is -1.31. The second-order valence-corrected chi connectivity index (χ2v) is 1.96. The van der Waals surface area contributed by atoms with Gasteiger partial charge in [0.2, 0.25) is 0 Å². The fourth-order valence-electron chi connectivity index (χ4n) is 0.471. The summed E-state index contributed by atoms with van der Waals surface area (Å²) in [6, 6.07) is 0. The van der Waals surface area contributed by atoms with E-state index in [0.717, 1.165) is 0 Å². The summed E-state index contributed by atoms with van der Waals surface area (Å²) in [6.45, 7) is 10.7. The Balaban J connectivity index is 0.000000218. The van der Waals surface area contributed by atoms with E-state index in [1.54, 1.807) is 12.2 Å². The van der Waals surface area contributed by atoms with Crippen molar-refractivity contribution in [3.05, 3.63) is 37.5 Å². The first kappa shape index (κ1) is 9.69. The van der Waals surface area contributed by atoms with E-state index in [2.05, 4.69) is 24.5 Å². The maximum Gasteiger partial charge on any atom is 0.333 e. The van der Waals surface area contributed by atoms with Crippen molar-refractivity contribution in [1.82, 2.24) is 0 Å². The summed E-state index contributed by atoms with van der Waals surface area (Å²) in [6.07, 6.45) is 3.98. The van der Waals surface area contributed by atoms with Crippen LogP contribution in [0.3, 0.4) is 0 Å². The van der Waals surface area contributed by atoms with Crippen molar-refractivity contribution in [3.8, 4) is 0 Å². The fourth-order valence-corrected chi connectivity index (χ4v) is 0.471. The zero-order valence-corrected chi connectivity index (χ0v) is 6.51. The molecule has 0 bridgehead atoms. The largest absolute Gasteiger partial charge is 0.462 e. The van der Waals surface area contributed by atoms with Crippen molar-refractivity contribution in [2.24, 2.45) is 0 Å². The van der Waals surface area contributed by atoms with E-state index in [-0.39, 0.29) is 5.97 Å². The molecule has 2 heteroatoms. The number of carbonyl (C=O) groups excluding carboxylic acids is 1. The lowest BCUT2D eigenvalue weighted by atomic mass is 10.3. The molecule has 0 amide bonds. The summed E-state index contributed by atoms with van der Waals surface area (Å²) in [5, 5.41) is 0. The van der Waals surface area contributed by atoms with Crippen molar-refractivity contribution >= 4 is 5.97 Å². The molecule has 1 saturated heterocycles. The van der Waals surface area contributed by atoms with Crippen molar-refractivity contribution in [1.29, 1.82) is 0 Å². The molecule has 0 N–H and O–H groups in total. The van der Waals surface area contributed by atoms with Gasteiger partial charge in [0.15, 0.2) is 0 Å². The highest BCUT2D eigenvalue weighted by atomic mass is 16.5. The average Bonchev–Trinajstić information content (AvgIpc) is 2.37. The van der Waals surface area contributed by atoms with Crippen LogP contribution < -0.4 is 0 Å². The van der Waals surface area contributed by atoms with Gasteiger partial charge in [-0.25, -0.2) is 4.79 Å². The molecule has 1 fully saturated rings. The van der Waals surface area contributed by atoms with Crippen LogP contribution in [0.5, 0.6) is 0 Å². The Morgan fingerprint density at radius 3 is 2.00 bits per heavy atom. The van der Waals surface area contributed by atoms with E-state index in [1.807, 2.05) is 0 Å². The van der Waals surface area contributed by atoms with E-state index in [9.17, 15) is 4.79 Å². The number of esters is 1. The van der Waals surface area contributed by atoms with Crippen molar-refractivity contribution in [2.75, 3.05) is 6.61 Å². The van der Waals surface area contributed by atoms with E-state index >= 15 is 0 Å². The van der Waals surface area contributed by atoms with Gasteiger partial charge in [0.25, 0.3) is 0 Å². The molecule has 0 unspecified atom stereocenters. The normalized spacial score (nSPS) is 14.5. The highest BCUT2D eigenvalue weighted by Gasteiger charge is 2.14. The Morgan fingerprint density at radius 1 is 1.36 bits per heavy atom. The van der Waals surface area contributed by atoms with Crippen LogP contribution in [0, 0.1) is 0 Å². The number of hydrogen-bond donors (Lipinski definition) is 0. The van der Waals surface area contributed by atoms with Crippen LogP contribution in [0.4, 0.5) is 0 Å². The number of cyclic esters (lactones) is 1. The van der Waals surface area contributed by atoms with Gasteiger partial charge in [0.05, 0.1) is 6.61 Å². The highest BCUT2D eigenvalue weighted by molar-refractivity contribution is 5.89. The van der Waals surface area contributed by atoms with Crippen LogP contribution in [0.2, 0.25) is 0 Å². The lowest BCUT2D eigenvalue weighted by Gasteiger charge is -1.82. The summed E-state index contributed by atoms with van der Waals surface area (Å²) in [7, 11) is 0. The minimum absolute atomic E-state index is 0.236. The van der Waals surface area contributed by atoms with E-state index in [4.69, 9.17) is 0 Å². The maximum atomic E-state index is 10.3. The molecule has 0 aromatic heterocycles. The first-order valence-corrected chi connectivity index (χ1v) is 3.30. The number of hydrogen-bond acceptors (Lipinski definition) is 2. The Morgan fingerprint density at radius 2 is 1.91 bits per heavy atom. The quantitative estimate of drug-likeness (QED) is 0.325. The topological polar surface area (TPSA) is 26.3 Å². The molecule has 0 aliphatic carbocycles. The summed E-state index contributed by atoms with van der Waals surface area (Å²) >= 11 is 0. The standard InChI is InChI=1S/C5H6O2.C4H6/c1-4-2-3-7-5(4)6;1-3-4-2/h1-3H2;3-4H,1-2H2. The lowest BCUT2D eigenvalue weighted by molar-refractivity contribution is -0.135. The second kappa shape index (κ2) is 5.47. The fraction of sp³-hybridized carbons (Fsp3) is 0.222. The molecule has 0 spiro atoms. The molecular weight excluding hydrogens is 140 g/mol. The Kier molecular flexibility index (Phi) is 4.82. The van der Waals surface area contributed by atoms with Crippen molar-refractivity contribution in [3.63, 3.8) is 0 Å². The van der Waals surface area contributed by atoms with Gasteiger partial charge in [-0.3, -0.25) is 0 Å². The molecule has 0 radical (unpaired) electrons. The second-order valence-electron chi connectivity index (χ2n) is 1.96.